The average molecular weight is 389 g/mol. The van der Waals surface area contributed by atoms with Crippen LogP contribution in [-0.2, 0) is 15.6 Å². The molecule has 1 atom stereocenters. The first-order chi connectivity index (χ1) is 10.8. The minimum atomic E-state index is -3.61. The molecule has 0 aliphatic rings. The van der Waals surface area contributed by atoms with Gasteiger partial charge in [0.25, 0.3) is 0 Å². The van der Waals surface area contributed by atoms with Crippen molar-refractivity contribution in [2.24, 2.45) is 5.73 Å². The van der Waals surface area contributed by atoms with Gasteiger partial charge in [-0.15, -0.1) is 0 Å². The maximum atomic E-state index is 12.8. The fraction of sp³-hybridized carbons (Fsp3) is 0.133. The van der Waals surface area contributed by atoms with Crippen molar-refractivity contribution in [3.63, 3.8) is 0 Å². The van der Waals surface area contributed by atoms with Gasteiger partial charge in [-0.25, -0.2) is 8.42 Å². The summed E-state index contributed by atoms with van der Waals surface area (Å²) in [5, 5.41) is 2.55. The van der Waals surface area contributed by atoms with E-state index in [9.17, 15) is 8.42 Å². The molecule has 0 radical (unpaired) electrons. The number of hydrogen-bond acceptors (Lipinski definition) is 3. The van der Waals surface area contributed by atoms with Crippen molar-refractivity contribution >= 4 is 50.4 Å². The first kappa shape index (κ1) is 18.0. The summed E-state index contributed by atoms with van der Waals surface area (Å²) < 4.78 is 25.5. The Morgan fingerprint density at radius 1 is 1.04 bits per heavy atom. The first-order valence-electron chi connectivity index (χ1n) is 6.55. The summed E-state index contributed by atoms with van der Waals surface area (Å²) in [5.74, 6) is -0.174. The fourth-order valence-corrected chi connectivity index (χ4v) is 4.19. The van der Waals surface area contributed by atoms with Gasteiger partial charge in [-0.3, -0.25) is 0 Å². The predicted octanol–water partition coefficient (Wildman–Crippen LogP) is 3.44. The van der Waals surface area contributed by atoms with Gasteiger partial charge in [-0.05, 0) is 47.6 Å². The van der Waals surface area contributed by atoms with E-state index in [4.69, 9.17) is 41.2 Å². The zero-order valence-electron chi connectivity index (χ0n) is 11.9. The number of sulfone groups is 1. The van der Waals surface area contributed by atoms with Crippen LogP contribution >= 0.6 is 35.4 Å². The summed E-state index contributed by atoms with van der Waals surface area (Å²) >= 11 is 16.5. The Morgan fingerprint density at radius 2 is 1.52 bits per heavy atom. The number of halogens is 2. The molecule has 23 heavy (non-hydrogen) atoms. The van der Waals surface area contributed by atoms with Gasteiger partial charge >= 0.3 is 0 Å². The number of rotatable bonds is 5. The molecule has 0 spiro atoms. The van der Waals surface area contributed by atoms with Crippen LogP contribution in [0.5, 0.6) is 0 Å². The minimum Gasteiger partial charge on any atom is -0.376 e. The Morgan fingerprint density at radius 3 is 2.00 bits per heavy atom. The van der Waals surface area contributed by atoms with E-state index >= 15 is 0 Å². The maximum Gasteiger partial charge on any atom is 0.179 e. The lowest BCUT2D eigenvalue weighted by Gasteiger charge is -2.20. The molecule has 3 N–H and O–H groups in total. The molecular formula is C15H14Cl2N2O2S2. The van der Waals surface area contributed by atoms with Crippen LogP contribution in [-0.4, -0.2) is 13.5 Å². The van der Waals surface area contributed by atoms with Crippen LogP contribution in [0.4, 0.5) is 0 Å². The zero-order chi connectivity index (χ0) is 17.0. The van der Waals surface area contributed by atoms with Crippen LogP contribution in [0, 0.1) is 0 Å². The van der Waals surface area contributed by atoms with Gasteiger partial charge < -0.3 is 11.1 Å². The fourth-order valence-electron chi connectivity index (χ4n) is 2.04. The third-order valence-corrected chi connectivity index (χ3v) is 5.55. The summed E-state index contributed by atoms with van der Waals surface area (Å²) in [6.07, 6.45) is 0. The van der Waals surface area contributed by atoms with Crippen LogP contribution in [0.15, 0.2) is 48.5 Å². The second-order valence-corrected chi connectivity index (χ2v) is 8.27. The molecule has 0 saturated carbocycles. The van der Waals surface area contributed by atoms with E-state index in [0.717, 1.165) is 0 Å². The van der Waals surface area contributed by atoms with Gasteiger partial charge in [-0.2, -0.15) is 0 Å². The molecule has 0 fully saturated rings. The summed E-state index contributed by atoms with van der Waals surface area (Å²) in [4.78, 5) is 0. The highest BCUT2D eigenvalue weighted by molar-refractivity contribution is 7.91. The summed E-state index contributed by atoms with van der Waals surface area (Å²) in [6, 6.07) is 13.1. The topological polar surface area (TPSA) is 72.2 Å². The molecule has 0 bridgehead atoms. The number of nitrogens with one attached hydrogen (secondary N) is 1. The Labute approximate surface area is 150 Å². The molecular weight excluding hydrogens is 375 g/mol. The van der Waals surface area contributed by atoms with E-state index in [1.807, 2.05) is 0 Å². The highest BCUT2D eigenvalue weighted by Gasteiger charge is 2.27. The highest BCUT2D eigenvalue weighted by Crippen LogP contribution is 2.25. The molecule has 8 heteroatoms. The van der Waals surface area contributed by atoms with Crippen molar-refractivity contribution in [3.8, 4) is 0 Å². The molecule has 2 aromatic carbocycles. The van der Waals surface area contributed by atoms with Crippen LogP contribution in [0.3, 0.4) is 0 Å². The minimum absolute atomic E-state index is 0.0929. The number of benzene rings is 2. The SMILES string of the molecule is NC(=S)N[C@H](c1ccc(Cl)cc1)S(=O)(=O)Cc1ccc(Cl)cc1. The molecule has 0 aliphatic heterocycles. The molecule has 2 rings (SSSR count). The number of nitrogens with two attached hydrogens (primary N) is 1. The maximum absolute atomic E-state index is 12.8. The van der Waals surface area contributed by atoms with Gasteiger partial charge in [0.15, 0.2) is 20.3 Å². The smallest absolute Gasteiger partial charge is 0.179 e. The lowest BCUT2D eigenvalue weighted by Crippen LogP contribution is -2.37. The van der Waals surface area contributed by atoms with E-state index < -0.39 is 15.2 Å². The first-order valence-corrected chi connectivity index (χ1v) is 9.43. The van der Waals surface area contributed by atoms with Crippen molar-refractivity contribution in [3.05, 3.63) is 69.7 Å². The summed E-state index contributed by atoms with van der Waals surface area (Å²) in [7, 11) is -3.61. The highest BCUT2D eigenvalue weighted by atomic mass is 35.5. The van der Waals surface area contributed by atoms with Crippen molar-refractivity contribution in [1.82, 2.24) is 5.32 Å². The predicted molar refractivity (Wildman–Crippen MR) is 98.2 cm³/mol. The largest absolute Gasteiger partial charge is 0.376 e. The summed E-state index contributed by atoms with van der Waals surface area (Å²) in [6.45, 7) is 0. The Bertz CT molecular complexity index is 791. The Hall–Kier alpha value is -1.34. The molecule has 122 valence electrons. The van der Waals surface area contributed by atoms with Gasteiger partial charge in [0.2, 0.25) is 0 Å². The van der Waals surface area contributed by atoms with Crippen LogP contribution < -0.4 is 11.1 Å². The number of thiocarbonyl (C=S) groups is 1. The second kappa shape index (κ2) is 7.49. The van der Waals surface area contributed by atoms with E-state index in [2.05, 4.69) is 5.32 Å². The van der Waals surface area contributed by atoms with Gasteiger partial charge in [-0.1, -0.05) is 47.5 Å². The average Bonchev–Trinajstić information content (AvgIpc) is 2.48. The van der Waals surface area contributed by atoms with Gasteiger partial charge in [0.05, 0.1) is 5.75 Å². The molecule has 0 aliphatic carbocycles. The van der Waals surface area contributed by atoms with E-state index in [0.29, 0.717) is 21.2 Å². The van der Waals surface area contributed by atoms with Gasteiger partial charge in [0.1, 0.15) is 0 Å². The molecule has 0 saturated heterocycles. The Kier molecular flexibility index (Phi) is 5.86. The third-order valence-electron chi connectivity index (χ3n) is 3.09. The van der Waals surface area contributed by atoms with Crippen molar-refractivity contribution in [2.75, 3.05) is 0 Å². The van der Waals surface area contributed by atoms with Crippen LogP contribution in [0.1, 0.15) is 16.5 Å². The molecule has 4 nitrogen and oxygen atoms in total. The van der Waals surface area contributed by atoms with Crippen LogP contribution in [0.2, 0.25) is 10.0 Å². The second-order valence-electron chi connectivity index (χ2n) is 4.87. The van der Waals surface area contributed by atoms with Crippen LogP contribution in [0.25, 0.3) is 0 Å². The molecule has 0 heterocycles. The zero-order valence-corrected chi connectivity index (χ0v) is 15.0. The normalized spacial score (nSPS) is 12.6. The van der Waals surface area contributed by atoms with E-state index in [1.54, 1.807) is 48.5 Å². The Balaban J connectivity index is 2.34. The van der Waals surface area contributed by atoms with Crippen molar-refractivity contribution < 1.29 is 8.42 Å². The lowest BCUT2D eigenvalue weighted by atomic mass is 10.2. The molecule has 0 unspecified atom stereocenters. The van der Waals surface area contributed by atoms with Crippen molar-refractivity contribution in [2.45, 2.75) is 11.1 Å². The number of hydrogen-bond donors (Lipinski definition) is 2. The van der Waals surface area contributed by atoms with Crippen molar-refractivity contribution in [1.29, 1.82) is 0 Å². The molecule has 0 amide bonds. The van der Waals surface area contributed by atoms with Gasteiger partial charge in [0, 0.05) is 10.0 Å². The van der Waals surface area contributed by atoms with E-state index in [1.165, 1.54) is 0 Å². The monoisotopic (exact) mass is 388 g/mol. The third kappa shape index (κ3) is 5.07. The summed E-state index contributed by atoms with van der Waals surface area (Å²) in [5.41, 5.74) is 6.62. The standard InChI is InChI=1S/C15H14Cl2N2O2S2/c16-12-5-1-10(2-6-12)9-23(20,21)14(19-15(18)22)11-3-7-13(17)8-4-11/h1-8,14H,9H2,(H3,18,19,22)/t14-/m0/s1. The lowest BCUT2D eigenvalue weighted by molar-refractivity contribution is 0.576. The van der Waals surface area contributed by atoms with E-state index in [-0.39, 0.29) is 10.9 Å². The molecule has 2 aromatic rings. The quantitative estimate of drug-likeness (QED) is 0.767. The molecule has 0 aromatic heterocycles.